The molecule has 2 heterocycles. The van der Waals surface area contributed by atoms with Gasteiger partial charge in [-0.1, -0.05) is 12.1 Å². The van der Waals surface area contributed by atoms with E-state index in [2.05, 4.69) is 10.6 Å². The molecule has 2 aliphatic rings. The largest absolute Gasteiger partial charge is 0.348 e. The first-order chi connectivity index (χ1) is 12.2. The van der Waals surface area contributed by atoms with Crippen LogP contribution in [0.25, 0.3) is 0 Å². The van der Waals surface area contributed by atoms with Crippen molar-refractivity contribution in [1.29, 1.82) is 0 Å². The van der Waals surface area contributed by atoms with Gasteiger partial charge in [-0.25, -0.2) is 16.8 Å². The van der Waals surface area contributed by atoms with Crippen LogP contribution < -0.4 is 10.6 Å². The van der Waals surface area contributed by atoms with Crippen LogP contribution in [0.1, 0.15) is 33.6 Å². The molecule has 2 fully saturated rings. The molecule has 26 heavy (non-hydrogen) atoms. The third-order valence-corrected chi connectivity index (χ3v) is 8.09. The van der Waals surface area contributed by atoms with Gasteiger partial charge in [0.25, 0.3) is 11.8 Å². The number of sulfone groups is 2. The normalized spacial score (nSPS) is 26.3. The van der Waals surface area contributed by atoms with Crippen molar-refractivity contribution in [3.05, 3.63) is 35.4 Å². The van der Waals surface area contributed by atoms with E-state index in [1.165, 1.54) is 12.1 Å². The quantitative estimate of drug-likeness (QED) is 0.703. The fourth-order valence-corrected chi connectivity index (χ4v) is 6.57. The maximum absolute atomic E-state index is 12.5. The lowest BCUT2D eigenvalue weighted by atomic mass is 10.0. The molecule has 0 aliphatic carbocycles. The number of hydrogen-bond donors (Lipinski definition) is 2. The Morgan fingerprint density at radius 2 is 1.15 bits per heavy atom. The summed E-state index contributed by atoms with van der Waals surface area (Å²) in [5, 5.41) is 5.32. The van der Waals surface area contributed by atoms with Crippen LogP contribution in [-0.4, -0.2) is 63.7 Å². The molecule has 2 saturated heterocycles. The zero-order chi connectivity index (χ0) is 18.9. The second-order valence-electron chi connectivity index (χ2n) is 6.69. The smallest absolute Gasteiger partial charge is 0.252 e. The number of hydrogen-bond acceptors (Lipinski definition) is 6. The van der Waals surface area contributed by atoms with Gasteiger partial charge in [-0.15, -0.1) is 0 Å². The molecule has 0 spiro atoms. The van der Waals surface area contributed by atoms with E-state index in [4.69, 9.17) is 0 Å². The van der Waals surface area contributed by atoms with E-state index in [0.29, 0.717) is 12.8 Å². The highest BCUT2D eigenvalue weighted by Crippen LogP contribution is 2.16. The lowest BCUT2D eigenvalue weighted by Gasteiger charge is -2.15. The van der Waals surface area contributed by atoms with Crippen LogP contribution >= 0.6 is 0 Å². The van der Waals surface area contributed by atoms with E-state index in [9.17, 15) is 26.4 Å². The molecule has 2 aliphatic heterocycles. The van der Waals surface area contributed by atoms with E-state index in [-0.39, 0.29) is 34.1 Å². The Bertz CT molecular complexity index is 862. The summed E-state index contributed by atoms with van der Waals surface area (Å²) < 4.78 is 46.1. The van der Waals surface area contributed by atoms with Crippen molar-refractivity contribution in [2.45, 2.75) is 24.9 Å². The zero-order valence-electron chi connectivity index (χ0n) is 14.0. The molecule has 0 saturated carbocycles. The predicted octanol–water partition coefficient (Wildman–Crippen LogP) is -0.480. The summed E-state index contributed by atoms with van der Waals surface area (Å²) in [4.78, 5) is 25.0. The molecule has 3 rings (SSSR count). The third-order valence-electron chi connectivity index (χ3n) is 4.55. The number of rotatable bonds is 4. The molecule has 8 nitrogen and oxygen atoms in total. The van der Waals surface area contributed by atoms with Crippen molar-refractivity contribution in [2.75, 3.05) is 23.0 Å². The van der Waals surface area contributed by atoms with Crippen molar-refractivity contribution < 1.29 is 26.4 Å². The van der Waals surface area contributed by atoms with Gasteiger partial charge in [0, 0.05) is 12.1 Å². The average molecular weight is 400 g/mol. The first-order valence-corrected chi connectivity index (χ1v) is 11.9. The van der Waals surface area contributed by atoms with Crippen molar-refractivity contribution >= 4 is 31.5 Å². The van der Waals surface area contributed by atoms with Crippen molar-refractivity contribution in [1.82, 2.24) is 10.6 Å². The monoisotopic (exact) mass is 400 g/mol. The van der Waals surface area contributed by atoms with E-state index in [0.717, 1.165) is 0 Å². The van der Waals surface area contributed by atoms with Crippen LogP contribution in [0.4, 0.5) is 0 Å². The summed E-state index contributed by atoms with van der Waals surface area (Å²) in [6, 6.07) is 5.25. The Morgan fingerprint density at radius 3 is 1.46 bits per heavy atom. The fraction of sp³-hybridized carbons (Fsp3) is 0.500. The summed E-state index contributed by atoms with van der Waals surface area (Å²) in [5.74, 6) is -1.17. The molecule has 2 atom stereocenters. The maximum atomic E-state index is 12.5. The van der Waals surface area contributed by atoms with Crippen molar-refractivity contribution in [3.63, 3.8) is 0 Å². The Hall–Kier alpha value is -1.94. The molecule has 10 heteroatoms. The Morgan fingerprint density at radius 1 is 0.769 bits per heavy atom. The highest BCUT2D eigenvalue weighted by Gasteiger charge is 2.31. The van der Waals surface area contributed by atoms with Crippen molar-refractivity contribution in [2.24, 2.45) is 0 Å². The number of amides is 2. The molecule has 1 aromatic rings. The van der Waals surface area contributed by atoms with Crippen LogP contribution in [0.3, 0.4) is 0 Å². The Labute approximate surface area is 152 Å². The molecule has 0 radical (unpaired) electrons. The summed E-state index contributed by atoms with van der Waals surface area (Å²) >= 11 is 0. The second kappa shape index (κ2) is 6.99. The Kier molecular flexibility index (Phi) is 5.07. The summed E-state index contributed by atoms with van der Waals surface area (Å²) in [6.07, 6.45) is 0.699. The molecule has 0 aromatic heterocycles. The van der Waals surface area contributed by atoms with Crippen LogP contribution in [0.5, 0.6) is 0 Å². The van der Waals surface area contributed by atoms with Gasteiger partial charge in [0.05, 0.1) is 34.1 Å². The van der Waals surface area contributed by atoms with Gasteiger partial charge in [0.2, 0.25) is 0 Å². The van der Waals surface area contributed by atoms with Gasteiger partial charge >= 0.3 is 0 Å². The Balaban J connectivity index is 1.71. The zero-order valence-corrected chi connectivity index (χ0v) is 15.6. The SMILES string of the molecule is O=C(NC1CCS(=O)(=O)C1)c1ccccc1C(=O)NC1CCS(=O)(=O)C1. The topological polar surface area (TPSA) is 126 Å². The number of carbonyl (C=O) groups excluding carboxylic acids is 2. The van der Waals surface area contributed by atoms with Crippen LogP contribution in [-0.2, 0) is 19.7 Å². The van der Waals surface area contributed by atoms with Gasteiger partial charge in [0.1, 0.15) is 0 Å². The van der Waals surface area contributed by atoms with Gasteiger partial charge in [0.15, 0.2) is 19.7 Å². The number of nitrogens with one attached hydrogen (secondary N) is 2. The molecule has 1 aromatic carbocycles. The minimum absolute atomic E-state index is 0.0379. The van der Waals surface area contributed by atoms with Gasteiger partial charge < -0.3 is 10.6 Å². The highest BCUT2D eigenvalue weighted by atomic mass is 32.2. The minimum Gasteiger partial charge on any atom is -0.348 e. The lowest BCUT2D eigenvalue weighted by Crippen LogP contribution is -2.39. The molecular formula is C16H20N2O6S2. The van der Waals surface area contributed by atoms with E-state index >= 15 is 0 Å². The van der Waals surface area contributed by atoms with Crippen LogP contribution in [0.15, 0.2) is 24.3 Å². The van der Waals surface area contributed by atoms with E-state index in [1.807, 2.05) is 0 Å². The van der Waals surface area contributed by atoms with E-state index in [1.54, 1.807) is 12.1 Å². The minimum atomic E-state index is -3.13. The average Bonchev–Trinajstić information content (AvgIpc) is 3.08. The maximum Gasteiger partial charge on any atom is 0.252 e. The first-order valence-electron chi connectivity index (χ1n) is 8.27. The molecule has 142 valence electrons. The van der Waals surface area contributed by atoms with E-state index < -0.39 is 43.6 Å². The highest BCUT2D eigenvalue weighted by molar-refractivity contribution is 7.91. The predicted molar refractivity (Wildman–Crippen MR) is 95.5 cm³/mol. The summed E-state index contributed by atoms with van der Waals surface area (Å²) in [6.45, 7) is 0. The summed E-state index contributed by atoms with van der Waals surface area (Å²) in [7, 11) is -6.25. The van der Waals surface area contributed by atoms with Gasteiger partial charge in [-0.05, 0) is 25.0 Å². The summed E-state index contributed by atoms with van der Waals surface area (Å²) in [5.41, 5.74) is 0.269. The molecule has 2 N–H and O–H groups in total. The van der Waals surface area contributed by atoms with Crippen LogP contribution in [0, 0.1) is 0 Å². The van der Waals surface area contributed by atoms with Crippen LogP contribution in [0.2, 0.25) is 0 Å². The number of carbonyl (C=O) groups is 2. The standard InChI is InChI=1S/C16H20N2O6S2/c19-15(17-11-5-7-25(21,22)9-11)13-3-1-2-4-14(13)16(20)18-12-6-8-26(23,24)10-12/h1-4,11-12H,5-10H2,(H,17,19)(H,18,20). The van der Waals surface area contributed by atoms with Crippen molar-refractivity contribution in [3.8, 4) is 0 Å². The lowest BCUT2D eigenvalue weighted by molar-refractivity contribution is 0.0906. The molecule has 2 unspecified atom stereocenters. The molecular weight excluding hydrogens is 380 g/mol. The third kappa shape index (κ3) is 4.42. The first kappa shape index (κ1) is 18.8. The van der Waals surface area contributed by atoms with Gasteiger partial charge in [-0.2, -0.15) is 0 Å². The molecule has 2 amide bonds. The number of benzene rings is 1. The molecule has 0 bridgehead atoms. The van der Waals surface area contributed by atoms with Gasteiger partial charge in [-0.3, -0.25) is 9.59 Å². The fourth-order valence-electron chi connectivity index (χ4n) is 3.22. The second-order valence-corrected chi connectivity index (χ2v) is 11.1.